The van der Waals surface area contributed by atoms with E-state index in [2.05, 4.69) is 5.32 Å². The van der Waals surface area contributed by atoms with E-state index >= 15 is 0 Å². The van der Waals surface area contributed by atoms with Crippen LogP contribution in [0, 0.1) is 11.8 Å². The summed E-state index contributed by atoms with van der Waals surface area (Å²) < 4.78 is 5.15. The Hall–Kier alpha value is -1.43. The molecule has 3 atom stereocenters. The molecule has 1 heterocycles. The van der Waals surface area contributed by atoms with Crippen molar-refractivity contribution in [3.63, 3.8) is 0 Å². The van der Waals surface area contributed by atoms with E-state index in [0.717, 1.165) is 12.8 Å². The lowest BCUT2D eigenvalue weighted by Gasteiger charge is -2.28. The number of Topliss-reactive ketones (excluding diaryl/α,β-unsaturated/α-hetero) is 1. The van der Waals surface area contributed by atoms with Gasteiger partial charge in [-0.05, 0) is 25.2 Å². The fourth-order valence-corrected chi connectivity index (χ4v) is 2.78. The van der Waals surface area contributed by atoms with Crippen molar-refractivity contribution in [2.24, 2.45) is 17.6 Å². The van der Waals surface area contributed by atoms with Gasteiger partial charge in [0.2, 0.25) is 11.8 Å². The van der Waals surface area contributed by atoms with Crippen LogP contribution in [0.15, 0.2) is 0 Å². The van der Waals surface area contributed by atoms with Crippen LogP contribution in [0.5, 0.6) is 0 Å². The maximum absolute atomic E-state index is 12.0. The second-order valence-corrected chi connectivity index (χ2v) is 5.34. The van der Waals surface area contributed by atoms with Gasteiger partial charge in [-0.25, -0.2) is 0 Å². The summed E-state index contributed by atoms with van der Waals surface area (Å²) in [6.45, 7) is 0.960. The van der Waals surface area contributed by atoms with Gasteiger partial charge in [0.15, 0.2) is 0 Å². The quantitative estimate of drug-likeness (QED) is 0.734. The molecule has 2 aliphatic rings. The number of hydrogen-bond donors (Lipinski definition) is 2. The summed E-state index contributed by atoms with van der Waals surface area (Å²) in [5, 5.41) is 2.70. The molecule has 3 N–H and O–H groups in total. The minimum Gasteiger partial charge on any atom is -0.381 e. The molecule has 1 aliphatic heterocycles. The van der Waals surface area contributed by atoms with Crippen molar-refractivity contribution < 1.29 is 19.1 Å². The number of carbonyl (C=O) groups is 3. The summed E-state index contributed by atoms with van der Waals surface area (Å²) >= 11 is 0. The lowest BCUT2D eigenvalue weighted by atomic mass is 9.82. The highest BCUT2D eigenvalue weighted by molar-refractivity contribution is 5.89. The first-order chi connectivity index (χ1) is 9.08. The minimum atomic E-state index is -0.739. The summed E-state index contributed by atoms with van der Waals surface area (Å²) in [5.74, 6) is -0.988. The predicted molar refractivity (Wildman–Crippen MR) is 67.0 cm³/mol. The molecule has 0 radical (unpaired) electrons. The molecule has 0 unspecified atom stereocenters. The molecule has 0 bridgehead atoms. The standard InChI is InChI=1S/C13H20N2O4/c14-12(17)11(8-2-1-3-10(16)6-8)15-13(18)9-4-5-19-7-9/h8-9,11H,1-7H2,(H2,14,17)(H,15,18)/t8-,9-,11+/m1/s1. The maximum atomic E-state index is 12.0. The molecule has 0 aromatic rings. The lowest BCUT2D eigenvalue weighted by Crippen LogP contribution is -2.51. The first kappa shape index (κ1) is 14.0. The fraction of sp³-hybridized carbons (Fsp3) is 0.769. The highest BCUT2D eigenvalue weighted by atomic mass is 16.5. The Morgan fingerprint density at radius 3 is 2.74 bits per heavy atom. The molecule has 2 amide bonds. The molecule has 1 saturated heterocycles. The van der Waals surface area contributed by atoms with Crippen molar-refractivity contribution in [2.75, 3.05) is 13.2 Å². The van der Waals surface area contributed by atoms with Crippen LogP contribution in [-0.2, 0) is 19.1 Å². The van der Waals surface area contributed by atoms with Crippen molar-refractivity contribution in [2.45, 2.75) is 38.1 Å². The second kappa shape index (κ2) is 6.14. The highest BCUT2D eigenvalue weighted by Crippen LogP contribution is 2.25. The zero-order valence-corrected chi connectivity index (χ0v) is 10.9. The van der Waals surface area contributed by atoms with Gasteiger partial charge in [0.1, 0.15) is 11.8 Å². The number of rotatable bonds is 4. The molecule has 106 valence electrons. The van der Waals surface area contributed by atoms with Crippen LogP contribution in [0.25, 0.3) is 0 Å². The van der Waals surface area contributed by atoms with Crippen LogP contribution in [0.2, 0.25) is 0 Å². The van der Waals surface area contributed by atoms with E-state index in [1.165, 1.54) is 0 Å². The number of amides is 2. The number of ether oxygens (including phenoxy) is 1. The van der Waals surface area contributed by atoms with E-state index < -0.39 is 11.9 Å². The average molecular weight is 268 g/mol. The molecular formula is C13H20N2O4. The topological polar surface area (TPSA) is 98.5 Å². The third-order valence-corrected chi connectivity index (χ3v) is 3.90. The van der Waals surface area contributed by atoms with Gasteiger partial charge in [-0.15, -0.1) is 0 Å². The lowest BCUT2D eigenvalue weighted by molar-refractivity contribution is -0.132. The number of nitrogens with one attached hydrogen (secondary N) is 1. The Labute approximate surface area is 112 Å². The summed E-state index contributed by atoms with van der Waals surface area (Å²) in [7, 11) is 0. The SMILES string of the molecule is NC(=O)[C@@H](NC(=O)[C@@H]1CCOC1)[C@@H]1CCCC(=O)C1. The van der Waals surface area contributed by atoms with Crippen molar-refractivity contribution in [3.8, 4) is 0 Å². The Balaban J connectivity index is 1.97. The van der Waals surface area contributed by atoms with Crippen LogP contribution in [-0.4, -0.2) is 36.9 Å². The van der Waals surface area contributed by atoms with Crippen LogP contribution >= 0.6 is 0 Å². The van der Waals surface area contributed by atoms with E-state index in [-0.39, 0.29) is 23.5 Å². The Kier molecular flexibility index (Phi) is 4.52. The van der Waals surface area contributed by atoms with Crippen molar-refractivity contribution in [3.05, 3.63) is 0 Å². The van der Waals surface area contributed by atoms with Crippen LogP contribution in [0.3, 0.4) is 0 Å². The Morgan fingerprint density at radius 2 is 2.16 bits per heavy atom. The third kappa shape index (κ3) is 3.53. The molecule has 6 nitrogen and oxygen atoms in total. The largest absolute Gasteiger partial charge is 0.381 e. The summed E-state index contributed by atoms with van der Waals surface area (Å²) in [6, 6.07) is -0.739. The Morgan fingerprint density at radius 1 is 1.37 bits per heavy atom. The molecule has 1 aliphatic carbocycles. The van der Waals surface area contributed by atoms with Gasteiger partial charge in [0, 0.05) is 19.4 Å². The van der Waals surface area contributed by atoms with Gasteiger partial charge in [0.25, 0.3) is 0 Å². The molecule has 2 fully saturated rings. The van der Waals surface area contributed by atoms with Crippen molar-refractivity contribution >= 4 is 17.6 Å². The molecule has 2 rings (SSSR count). The number of hydrogen-bond acceptors (Lipinski definition) is 4. The number of ketones is 1. The predicted octanol–water partition coefficient (Wildman–Crippen LogP) is -0.248. The van der Waals surface area contributed by atoms with Crippen LogP contribution < -0.4 is 11.1 Å². The molecule has 1 saturated carbocycles. The summed E-state index contributed by atoms with van der Waals surface area (Å²) in [5.41, 5.74) is 5.36. The van der Waals surface area contributed by atoms with Crippen molar-refractivity contribution in [1.82, 2.24) is 5.32 Å². The number of primary amides is 1. The third-order valence-electron chi connectivity index (χ3n) is 3.90. The van der Waals surface area contributed by atoms with E-state index in [0.29, 0.717) is 32.5 Å². The van der Waals surface area contributed by atoms with Crippen LogP contribution in [0.4, 0.5) is 0 Å². The van der Waals surface area contributed by atoms with Gasteiger partial charge >= 0.3 is 0 Å². The van der Waals surface area contributed by atoms with Crippen LogP contribution in [0.1, 0.15) is 32.1 Å². The smallest absolute Gasteiger partial charge is 0.240 e. The number of nitrogens with two attached hydrogens (primary N) is 1. The van der Waals surface area contributed by atoms with Crippen molar-refractivity contribution in [1.29, 1.82) is 0 Å². The zero-order valence-electron chi connectivity index (χ0n) is 10.9. The monoisotopic (exact) mass is 268 g/mol. The normalized spacial score (nSPS) is 28.9. The minimum absolute atomic E-state index is 0.140. The van der Waals surface area contributed by atoms with Gasteiger partial charge in [-0.3, -0.25) is 14.4 Å². The Bertz CT molecular complexity index is 377. The van der Waals surface area contributed by atoms with E-state index in [1.54, 1.807) is 0 Å². The van der Waals surface area contributed by atoms with Gasteiger partial charge in [0.05, 0.1) is 12.5 Å². The van der Waals surface area contributed by atoms with E-state index in [4.69, 9.17) is 10.5 Å². The van der Waals surface area contributed by atoms with E-state index in [1.807, 2.05) is 0 Å². The first-order valence-corrected chi connectivity index (χ1v) is 6.77. The molecule has 0 spiro atoms. The number of carbonyl (C=O) groups excluding carboxylic acids is 3. The average Bonchev–Trinajstić information content (AvgIpc) is 2.89. The van der Waals surface area contributed by atoms with Gasteiger partial charge in [-0.2, -0.15) is 0 Å². The van der Waals surface area contributed by atoms with Gasteiger partial charge in [-0.1, -0.05) is 0 Å². The highest BCUT2D eigenvalue weighted by Gasteiger charge is 2.34. The maximum Gasteiger partial charge on any atom is 0.240 e. The molecule has 0 aromatic carbocycles. The summed E-state index contributed by atoms with van der Waals surface area (Å²) in [4.78, 5) is 35.0. The zero-order chi connectivity index (χ0) is 13.8. The summed E-state index contributed by atoms with van der Waals surface area (Å²) in [6.07, 6.45) is 3.07. The second-order valence-electron chi connectivity index (χ2n) is 5.34. The molecule has 19 heavy (non-hydrogen) atoms. The first-order valence-electron chi connectivity index (χ1n) is 6.77. The van der Waals surface area contributed by atoms with Gasteiger partial charge < -0.3 is 15.8 Å². The molecule has 6 heteroatoms. The molecular weight excluding hydrogens is 248 g/mol. The molecule has 0 aromatic heterocycles. The fourth-order valence-electron chi connectivity index (χ4n) is 2.78. The van der Waals surface area contributed by atoms with E-state index in [9.17, 15) is 14.4 Å².